The molecule has 1 amide bonds. The molecule has 2 atom stereocenters. The number of alkyl halides is 2. The van der Waals surface area contributed by atoms with Crippen molar-refractivity contribution in [2.24, 2.45) is 5.92 Å². The van der Waals surface area contributed by atoms with Crippen LogP contribution in [0.1, 0.15) is 27.2 Å². The van der Waals surface area contributed by atoms with E-state index in [1.807, 2.05) is 0 Å². The standard InChI is InChI=1S/C10H17F2NO3/c1-9(2,3)16-8(15)13-7(5-14)6-4-10(6,11)12/h6-7,14H,4-5H2,1-3H3,(H,13,15). The average molecular weight is 237 g/mol. The van der Waals surface area contributed by atoms with Gasteiger partial charge in [-0.05, 0) is 20.8 Å². The van der Waals surface area contributed by atoms with E-state index in [0.717, 1.165) is 0 Å². The van der Waals surface area contributed by atoms with Gasteiger partial charge in [-0.2, -0.15) is 0 Å². The monoisotopic (exact) mass is 237 g/mol. The minimum Gasteiger partial charge on any atom is -0.444 e. The fourth-order valence-electron chi connectivity index (χ4n) is 1.40. The lowest BCUT2D eigenvalue weighted by molar-refractivity contribution is 0.0417. The molecule has 4 nitrogen and oxygen atoms in total. The Morgan fingerprint density at radius 3 is 2.44 bits per heavy atom. The Balaban J connectivity index is 2.43. The molecule has 16 heavy (non-hydrogen) atoms. The summed E-state index contributed by atoms with van der Waals surface area (Å²) in [6.45, 7) is 4.50. The van der Waals surface area contributed by atoms with Crippen LogP contribution in [0.3, 0.4) is 0 Å². The summed E-state index contributed by atoms with van der Waals surface area (Å²) in [5.41, 5.74) is -0.684. The van der Waals surface area contributed by atoms with Crippen molar-refractivity contribution in [3.63, 3.8) is 0 Å². The molecular weight excluding hydrogens is 220 g/mol. The third kappa shape index (κ3) is 3.59. The van der Waals surface area contributed by atoms with Crippen LogP contribution >= 0.6 is 0 Å². The first-order chi connectivity index (χ1) is 7.15. The van der Waals surface area contributed by atoms with E-state index < -0.39 is 36.2 Å². The Kier molecular flexibility index (Phi) is 3.42. The number of hydrogen-bond donors (Lipinski definition) is 2. The van der Waals surface area contributed by atoms with Crippen LogP contribution < -0.4 is 5.32 Å². The van der Waals surface area contributed by atoms with Crippen LogP contribution in [-0.4, -0.2) is 35.4 Å². The Morgan fingerprint density at radius 2 is 2.12 bits per heavy atom. The van der Waals surface area contributed by atoms with E-state index >= 15 is 0 Å². The molecule has 1 aliphatic rings. The van der Waals surface area contributed by atoms with Crippen molar-refractivity contribution in [2.45, 2.75) is 44.8 Å². The molecule has 1 aliphatic carbocycles. The first-order valence-electron chi connectivity index (χ1n) is 5.14. The summed E-state index contributed by atoms with van der Waals surface area (Å²) in [4.78, 5) is 11.3. The molecule has 1 rings (SSSR count). The highest BCUT2D eigenvalue weighted by atomic mass is 19.3. The lowest BCUT2D eigenvalue weighted by atomic mass is 10.2. The Hall–Kier alpha value is -0.910. The molecule has 0 aromatic rings. The van der Waals surface area contributed by atoms with E-state index in [-0.39, 0.29) is 6.42 Å². The molecule has 1 saturated carbocycles. The van der Waals surface area contributed by atoms with Crippen LogP contribution in [0.25, 0.3) is 0 Å². The third-order valence-corrected chi connectivity index (χ3v) is 2.26. The smallest absolute Gasteiger partial charge is 0.407 e. The molecule has 2 unspecified atom stereocenters. The number of rotatable bonds is 3. The summed E-state index contributed by atoms with van der Waals surface area (Å²) in [6.07, 6.45) is -1.08. The summed E-state index contributed by atoms with van der Waals surface area (Å²) < 4.78 is 30.3. The third-order valence-electron chi connectivity index (χ3n) is 2.26. The molecule has 1 fully saturated rings. The number of amides is 1. The van der Waals surface area contributed by atoms with Gasteiger partial charge >= 0.3 is 6.09 Å². The molecule has 0 heterocycles. The molecule has 94 valence electrons. The molecule has 0 aromatic heterocycles. The van der Waals surface area contributed by atoms with Crippen molar-refractivity contribution >= 4 is 6.09 Å². The number of aliphatic hydroxyl groups is 1. The van der Waals surface area contributed by atoms with Crippen LogP contribution in [0.2, 0.25) is 0 Å². The number of carbonyl (C=O) groups is 1. The fourth-order valence-corrected chi connectivity index (χ4v) is 1.40. The molecular formula is C10H17F2NO3. The van der Waals surface area contributed by atoms with Gasteiger partial charge in [0.05, 0.1) is 18.6 Å². The number of carbonyl (C=O) groups excluding carboxylic acids is 1. The van der Waals surface area contributed by atoms with Crippen LogP contribution in [-0.2, 0) is 4.74 Å². The van der Waals surface area contributed by atoms with Crippen molar-refractivity contribution in [1.82, 2.24) is 5.32 Å². The van der Waals surface area contributed by atoms with Gasteiger partial charge in [0.15, 0.2) is 0 Å². The van der Waals surface area contributed by atoms with Gasteiger partial charge < -0.3 is 15.2 Å². The number of ether oxygens (including phenoxy) is 1. The Morgan fingerprint density at radius 1 is 1.62 bits per heavy atom. The zero-order valence-corrected chi connectivity index (χ0v) is 9.59. The second-order valence-corrected chi connectivity index (χ2v) is 5.01. The first kappa shape index (κ1) is 13.2. The number of halogens is 2. The van der Waals surface area contributed by atoms with Gasteiger partial charge in [0, 0.05) is 6.42 Å². The lowest BCUT2D eigenvalue weighted by Crippen LogP contribution is -2.43. The van der Waals surface area contributed by atoms with Crippen molar-refractivity contribution in [3.8, 4) is 0 Å². The quantitative estimate of drug-likeness (QED) is 0.782. The predicted octanol–water partition coefficient (Wildman–Crippen LogP) is 1.53. The van der Waals surface area contributed by atoms with E-state index in [2.05, 4.69) is 5.32 Å². The molecule has 6 heteroatoms. The molecule has 0 radical (unpaired) electrons. The predicted molar refractivity (Wildman–Crippen MR) is 53.3 cm³/mol. The average Bonchev–Trinajstić information content (AvgIpc) is 2.67. The number of aliphatic hydroxyl groups excluding tert-OH is 1. The number of hydrogen-bond acceptors (Lipinski definition) is 3. The van der Waals surface area contributed by atoms with Gasteiger partial charge in [-0.3, -0.25) is 0 Å². The van der Waals surface area contributed by atoms with Crippen molar-refractivity contribution in [3.05, 3.63) is 0 Å². The van der Waals surface area contributed by atoms with E-state index in [0.29, 0.717) is 0 Å². The Labute approximate surface area is 93.0 Å². The highest BCUT2D eigenvalue weighted by Gasteiger charge is 2.60. The number of alkyl carbamates (subject to hydrolysis) is 1. The topological polar surface area (TPSA) is 58.6 Å². The highest BCUT2D eigenvalue weighted by molar-refractivity contribution is 5.68. The zero-order valence-electron chi connectivity index (χ0n) is 9.59. The normalized spacial score (nSPS) is 24.8. The van der Waals surface area contributed by atoms with Gasteiger partial charge in [0.2, 0.25) is 0 Å². The minimum absolute atomic E-state index is 0.298. The maximum atomic E-state index is 12.7. The van der Waals surface area contributed by atoms with Gasteiger partial charge in [-0.15, -0.1) is 0 Å². The van der Waals surface area contributed by atoms with Gasteiger partial charge in [0.25, 0.3) is 5.92 Å². The Bertz CT molecular complexity index is 276. The van der Waals surface area contributed by atoms with Crippen LogP contribution in [0, 0.1) is 5.92 Å². The van der Waals surface area contributed by atoms with Gasteiger partial charge in [0.1, 0.15) is 5.60 Å². The summed E-state index contributed by atoms with van der Waals surface area (Å²) >= 11 is 0. The SMILES string of the molecule is CC(C)(C)OC(=O)NC(CO)C1CC1(F)F. The van der Waals surface area contributed by atoms with Crippen molar-refractivity contribution < 1.29 is 23.4 Å². The molecule has 0 bridgehead atoms. The maximum absolute atomic E-state index is 12.7. The second-order valence-electron chi connectivity index (χ2n) is 5.01. The van der Waals surface area contributed by atoms with E-state index in [4.69, 9.17) is 9.84 Å². The zero-order chi connectivity index (χ0) is 12.6. The molecule has 0 aromatic carbocycles. The van der Waals surface area contributed by atoms with E-state index in [9.17, 15) is 13.6 Å². The van der Waals surface area contributed by atoms with Crippen molar-refractivity contribution in [1.29, 1.82) is 0 Å². The summed E-state index contributed by atoms with van der Waals surface area (Å²) in [7, 11) is 0. The summed E-state index contributed by atoms with van der Waals surface area (Å²) in [5, 5.41) is 11.2. The number of nitrogens with one attached hydrogen (secondary N) is 1. The van der Waals surface area contributed by atoms with Crippen LogP contribution in [0.4, 0.5) is 13.6 Å². The maximum Gasteiger partial charge on any atom is 0.407 e. The molecule has 0 aliphatic heterocycles. The second kappa shape index (κ2) is 4.16. The van der Waals surface area contributed by atoms with E-state index in [1.165, 1.54) is 0 Å². The van der Waals surface area contributed by atoms with E-state index in [1.54, 1.807) is 20.8 Å². The molecule has 0 spiro atoms. The highest BCUT2D eigenvalue weighted by Crippen LogP contribution is 2.50. The van der Waals surface area contributed by atoms with Crippen molar-refractivity contribution in [2.75, 3.05) is 6.61 Å². The van der Waals surface area contributed by atoms with Crippen LogP contribution in [0.15, 0.2) is 0 Å². The fraction of sp³-hybridized carbons (Fsp3) is 0.900. The molecule has 0 saturated heterocycles. The molecule has 2 N–H and O–H groups in total. The minimum atomic E-state index is -2.78. The summed E-state index contributed by atoms with van der Waals surface area (Å²) in [6, 6.07) is -0.940. The largest absolute Gasteiger partial charge is 0.444 e. The lowest BCUT2D eigenvalue weighted by Gasteiger charge is -2.22. The first-order valence-corrected chi connectivity index (χ1v) is 5.14. The van der Waals surface area contributed by atoms with Gasteiger partial charge in [-0.1, -0.05) is 0 Å². The van der Waals surface area contributed by atoms with Gasteiger partial charge in [-0.25, -0.2) is 13.6 Å². The summed E-state index contributed by atoms with van der Waals surface area (Å²) in [5.74, 6) is -3.76. The van der Waals surface area contributed by atoms with Crippen LogP contribution in [0.5, 0.6) is 0 Å².